The lowest BCUT2D eigenvalue weighted by Gasteiger charge is -2.31. The van der Waals surface area contributed by atoms with Crippen LogP contribution >= 0.6 is 0 Å². The van der Waals surface area contributed by atoms with Gasteiger partial charge < -0.3 is 13.9 Å². The molecule has 1 aromatic heterocycles. The summed E-state index contributed by atoms with van der Waals surface area (Å²) in [6.07, 6.45) is 1.11. The third-order valence-corrected chi connectivity index (χ3v) is 4.63. The second-order valence-corrected chi connectivity index (χ2v) is 6.90. The van der Waals surface area contributed by atoms with Crippen LogP contribution in [0.1, 0.15) is 39.7 Å². The van der Waals surface area contributed by atoms with E-state index in [2.05, 4.69) is 0 Å². The average molecular weight is 330 g/mol. The zero-order chi connectivity index (χ0) is 17.5. The highest BCUT2D eigenvalue weighted by atomic mass is 16.6. The normalized spacial score (nSPS) is 18.1. The number of benzene rings is 1. The number of ether oxygens (including phenoxy) is 2. The molecule has 0 radical (unpaired) electrons. The third kappa shape index (κ3) is 3.03. The van der Waals surface area contributed by atoms with Crippen molar-refractivity contribution in [3.8, 4) is 5.75 Å². The van der Waals surface area contributed by atoms with Crippen LogP contribution in [-0.4, -0.2) is 17.7 Å². The smallest absolute Gasteiger partial charge is 0.336 e. The molecule has 5 heteroatoms. The molecule has 2 aromatic rings. The molecule has 2 atom stereocenters. The lowest BCUT2D eigenvalue weighted by Crippen LogP contribution is -2.44. The predicted octanol–water partition coefficient (Wildman–Crippen LogP) is 3.46. The van der Waals surface area contributed by atoms with Crippen molar-refractivity contribution >= 4 is 16.9 Å². The Labute approximate surface area is 140 Å². The predicted molar refractivity (Wildman–Crippen MR) is 90.2 cm³/mol. The van der Waals surface area contributed by atoms with Crippen LogP contribution in [0.15, 0.2) is 33.5 Å². The van der Waals surface area contributed by atoms with Gasteiger partial charge in [-0.2, -0.15) is 0 Å². The molecule has 3 rings (SSSR count). The van der Waals surface area contributed by atoms with E-state index < -0.39 is 5.60 Å². The zero-order valence-corrected chi connectivity index (χ0v) is 14.4. The van der Waals surface area contributed by atoms with E-state index in [9.17, 15) is 9.59 Å². The molecular weight excluding hydrogens is 308 g/mol. The summed E-state index contributed by atoms with van der Waals surface area (Å²) in [5, 5.41) is 0.854. The van der Waals surface area contributed by atoms with Crippen molar-refractivity contribution in [2.75, 3.05) is 0 Å². The first kappa shape index (κ1) is 16.6. The maximum absolute atomic E-state index is 12.1. The Morgan fingerprint density at radius 1 is 1.38 bits per heavy atom. The molecule has 1 aromatic carbocycles. The molecule has 0 unspecified atom stereocenters. The second kappa shape index (κ2) is 5.96. The van der Waals surface area contributed by atoms with E-state index in [1.807, 2.05) is 33.8 Å². The minimum Gasteiger partial charge on any atom is -0.485 e. The minimum absolute atomic E-state index is 0.134. The quantitative estimate of drug-likeness (QED) is 0.634. The molecule has 0 spiro atoms. The van der Waals surface area contributed by atoms with Crippen molar-refractivity contribution < 1.29 is 18.7 Å². The molecule has 0 saturated carbocycles. The van der Waals surface area contributed by atoms with Crippen molar-refractivity contribution in [1.29, 1.82) is 0 Å². The highest BCUT2D eigenvalue weighted by Crippen LogP contribution is 2.37. The van der Waals surface area contributed by atoms with Gasteiger partial charge in [-0.15, -0.1) is 0 Å². The molecule has 128 valence electrons. The fourth-order valence-corrected chi connectivity index (χ4v) is 2.79. The van der Waals surface area contributed by atoms with Crippen LogP contribution in [0.2, 0.25) is 0 Å². The molecule has 0 amide bonds. The van der Waals surface area contributed by atoms with E-state index in [1.165, 1.54) is 6.07 Å². The lowest BCUT2D eigenvalue weighted by atomic mass is 9.96. The number of hydrogen-bond donors (Lipinski definition) is 0. The first-order valence-electron chi connectivity index (χ1n) is 8.26. The Hall–Kier alpha value is -2.30. The van der Waals surface area contributed by atoms with Gasteiger partial charge in [-0.25, -0.2) is 4.79 Å². The topological polar surface area (TPSA) is 65.7 Å². The van der Waals surface area contributed by atoms with Crippen molar-refractivity contribution in [2.45, 2.75) is 52.2 Å². The Kier molecular flexibility index (Phi) is 4.11. The van der Waals surface area contributed by atoms with Gasteiger partial charge in [0.1, 0.15) is 23.0 Å². The summed E-state index contributed by atoms with van der Waals surface area (Å²) >= 11 is 0. The third-order valence-electron chi connectivity index (χ3n) is 4.63. The van der Waals surface area contributed by atoms with Gasteiger partial charge >= 0.3 is 11.6 Å². The largest absolute Gasteiger partial charge is 0.485 e. The standard InChI is InChI=1S/C19H22O5/c1-5-11(2)18(21)24-19(3,4)16-9-13-8-12-6-7-17(20)23-14(12)10-15(13)22-16/h6-8,10-11,16H,5,9H2,1-4H3/t11-,16+/m1/s1. The van der Waals surface area contributed by atoms with Gasteiger partial charge in [0.15, 0.2) is 0 Å². The monoisotopic (exact) mass is 330 g/mol. The summed E-state index contributed by atoms with van der Waals surface area (Å²) in [7, 11) is 0. The Morgan fingerprint density at radius 2 is 2.12 bits per heavy atom. The molecule has 0 N–H and O–H groups in total. The number of fused-ring (bicyclic) bond motifs is 2. The summed E-state index contributed by atoms with van der Waals surface area (Å²) in [5.41, 5.74) is 0.386. The number of hydrogen-bond acceptors (Lipinski definition) is 5. The molecule has 24 heavy (non-hydrogen) atoms. The SMILES string of the molecule is CC[C@@H](C)C(=O)OC(C)(C)[C@@H]1Cc2cc3ccc(=O)oc3cc2O1. The summed E-state index contributed by atoms with van der Waals surface area (Å²) < 4.78 is 16.9. The fraction of sp³-hybridized carbons (Fsp3) is 0.474. The molecule has 1 aliphatic rings. The number of carbonyl (C=O) groups excluding carboxylic acids is 1. The van der Waals surface area contributed by atoms with Gasteiger partial charge in [-0.05, 0) is 38.0 Å². The van der Waals surface area contributed by atoms with Crippen molar-refractivity contribution in [1.82, 2.24) is 0 Å². The van der Waals surface area contributed by atoms with Gasteiger partial charge in [-0.1, -0.05) is 13.8 Å². The molecular formula is C19H22O5. The summed E-state index contributed by atoms with van der Waals surface area (Å²) in [6, 6.07) is 6.83. The van der Waals surface area contributed by atoms with Gasteiger partial charge in [0.05, 0.1) is 5.92 Å². The molecule has 0 aliphatic carbocycles. The van der Waals surface area contributed by atoms with Gasteiger partial charge in [0.2, 0.25) is 0 Å². The number of carbonyl (C=O) groups is 1. The van der Waals surface area contributed by atoms with E-state index in [-0.39, 0.29) is 23.6 Å². The molecule has 0 saturated heterocycles. The first-order chi connectivity index (χ1) is 11.3. The van der Waals surface area contributed by atoms with E-state index in [4.69, 9.17) is 13.9 Å². The average Bonchev–Trinajstić information content (AvgIpc) is 2.95. The molecule has 0 fully saturated rings. The fourth-order valence-electron chi connectivity index (χ4n) is 2.79. The Morgan fingerprint density at radius 3 is 2.83 bits per heavy atom. The van der Waals surface area contributed by atoms with Crippen molar-refractivity contribution in [3.63, 3.8) is 0 Å². The lowest BCUT2D eigenvalue weighted by molar-refractivity contribution is -0.169. The minimum atomic E-state index is -0.743. The summed E-state index contributed by atoms with van der Waals surface area (Å²) in [5.74, 6) is 0.331. The van der Waals surface area contributed by atoms with Crippen LogP contribution in [0, 0.1) is 5.92 Å². The van der Waals surface area contributed by atoms with Crippen LogP contribution < -0.4 is 10.4 Å². The Balaban J connectivity index is 1.83. The van der Waals surface area contributed by atoms with Crippen LogP contribution in [-0.2, 0) is 16.0 Å². The van der Waals surface area contributed by atoms with E-state index in [0.29, 0.717) is 17.8 Å². The zero-order valence-electron chi connectivity index (χ0n) is 14.4. The second-order valence-electron chi connectivity index (χ2n) is 6.90. The summed E-state index contributed by atoms with van der Waals surface area (Å²) in [6.45, 7) is 7.55. The highest BCUT2D eigenvalue weighted by molar-refractivity contribution is 5.79. The van der Waals surface area contributed by atoms with E-state index in [0.717, 1.165) is 17.4 Å². The maximum Gasteiger partial charge on any atom is 0.336 e. The van der Waals surface area contributed by atoms with Crippen LogP contribution in [0.25, 0.3) is 11.0 Å². The molecule has 5 nitrogen and oxygen atoms in total. The molecule has 0 bridgehead atoms. The highest BCUT2D eigenvalue weighted by Gasteiger charge is 2.40. The Bertz CT molecular complexity index is 833. The van der Waals surface area contributed by atoms with Crippen LogP contribution in [0.4, 0.5) is 0 Å². The van der Waals surface area contributed by atoms with Crippen molar-refractivity contribution in [2.24, 2.45) is 5.92 Å². The number of esters is 1. The molecule has 2 heterocycles. The number of rotatable bonds is 4. The first-order valence-corrected chi connectivity index (χ1v) is 8.26. The van der Waals surface area contributed by atoms with Gasteiger partial charge in [-0.3, -0.25) is 4.79 Å². The van der Waals surface area contributed by atoms with Gasteiger partial charge in [0.25, 0.3) is 0 Å². The molecule has 1 aliphatic heterocycles. The van der Waals surface area contributed by atoms with E-state index >= 15 is 0 Å². The summed E-state index contributed by atoms with van der Waals surface area (Å²) in [4.78, 5) is 23.5. The van der Waals surface area contributed by atoms with Crippen LogP contribution in [0.5, 0.6) is 5.75 Å². The van der Waals surface area contributed by atoms with E-state index in [1.54, 1.807) is 12.1 Å². The van der Waals surface area contributed by atoms with Crippen molar-refractivity contribution in [3.05, 3.63) is 40.2 Å². The van der Waals surface area contributed by atoms with Gasteiger partial charge in [0, 0.05) is 23.9 Å². The van der Waals surface area contributed by atoms with Crippen LogP contribution in [0.3, 0.4) is 0 Å². The maximum atomic E-state index is 12.1.